The van der Waals surface area contributed by atoms with Crippen LogP contribution in [0.1, 0.15) is 37.7 Å². The third kappa shape index (κ3) is 4.43. The Bertz CT molecular complexity index is 525. The number of hydrogen-bond donors (Lipinski definition) is 1. The summed E-state index contributed by atoms with van der Waals surface area (Å²) in [5.41, 5.74) is 0.317. The second kappa shape index (κ2) is 6.89. The van der Waals surface area contributed by atoms with Gasteiger partial charge in [0.15, 0.2) is 0 Å². The Kier molecular flexibility index (Phi) is 5.17. The lowest BCUT2D eigenvalue weighted by atomic mass is 10.1. The van der Waals surface area contributed by atoms with Crippen molar-refractivity contribution < 1.29 is 19.1 Å². The highest BCUT2D eigenvalue weighted by molar-refractivity contribution is 6.31. The summed E-state index contributed by atoms with van der Waals surface area (Å²) >= 11 is 5.99. The molecule has 1 aliphatic carbocycles. The number of carbonyl (C=O) groups is 2. The van der Waals surface area contributed by atoms with Crippen molar-refractivity contribution in [2.45, 2.75) is 44.7 Å². The molecule has 4 nitrogen and oxygen atoms in total. The quantitative estimate of drug-likeness (QED) is 0.841. The van der Waals surface area contributed by atoms with Gasteiger partial charge in [-0.25, -0.2) is 4.39 Å². The van der Waals surface area contributed by atoms with Gasteiger partial charge in [-0.3, -0.25) is 9.59 Å². The van der Waals surface area contributed by atoms with Crippen LogP contribution in [0.15, 0.2) is 18.2 Å². The maximum Gasteiger partial charge on any atom is 0.303 e. The molecule has 0 atom stereocenters. The van der Waals surface area contributed by atoms with Crippen LogP contribution in [-0.4, -0.2) is 27.9 Å². The van der Waals surface area contributed by atoms with E-state index in [4.69, 9.17) is 16.7 Å². The topological polar surface area (TPSA) is 57.6 Å². The van der Waals surface area contributed by atoms with Crippen molar-refractivity contribution in [3.8, 4) is 0 Å². The van der Waals surface area contributed by atoms with Crippen molar-refractivity contribution in [3.63, 3.8) is 0 Å². The summed E-state index contributed by atoms with van der Waals surface area (Å²) in [7, 11) is 0. The molecule has 114 valence electrons. The van der Waals surface area contributed by atoms with Crippen LogP contribution >= 0.6 is 11.6 Å². The van der Waals surface area contributed by atoms with Gasteiger partial charge in [-0.15, -0.1) is 0 Å². The average Bonchev–Trinajstić information content (AvgIpc) is 3.22. The van der Waals surface area contributed by atoms with Crippen LogP contribution in [0.5, 0.6) is 0 Å². The molecule has 1 aromatic carbocycles. The number of carbonyl (C=O) groups excluding carboxylic acids is 1. The summed E-state index contributed by atoms with van der Waals surface area (Å²) in [6.45, 7) is 0.141. The predicted molar refractivity (Wildman–Crippen MR) is 76.5 cm³/mol. The van der Waals surface area contributed by atoms with Gasteiger partial charge in [-0.2, -0.15) is 0 Å². The minimum atomic E-state index is -0.919. The zero-order valence-electron chi connectivity index (χ0n) is 11.5. The van der Waals surface area contributed by atoms with Gasteiger partial charge in [0.05, 0.1) is 6.54 Å². The fraction of sp³-hybridized carbons (Fsp3) is 0.467. The molecular formula is C15H17ClFNO3. The Hall–Kier alpha value is -1.62. The number of halogens is 2. The number of nitrogens with zero attached hydrogens (tertiary/aromatic N) is 1. The largest absolute Gasteiger partial charge is 0.481 e. The lowest BCUT2D eigenvalue weighted by Crippen LogP contribution is -2.33. The molecule has 0 heterocycles. The van der Waals surface area contributed by atoms with Crippen molar-refractivity contribution in [2.75, 3.05) is 0 Å². The summed E-state index contributed by atoms with van der Waals surface area (Å²) in [4.78, 5) is 24.3. The molecule has 1 amide bonds. The number of carboxylic acid groups (broad SMARTS) is 1. The summed E-state index contributed by atoms with van der Waals surface area (Å²) in [5, 5.41) is 8.91. The Morgan fingerprint density at radius 3 is 2.62 bits per heavy atom. The van der Waals surface area contributed by atoms with Crippen molar-refractivity contribution >= 4 is 23.5 Å². The van der Waals surface area contributed by atoms with Crippen LogP contribution in [0.25, 0.3) is 0 Å². The molecule has 1 fully saturated rings. The van der Waals surface area contributed by atoms with E-state index in [0.29, 0.717) is 17.0 Å². The second-order valence-corrected chi connectivity index (χ2v) is 5.61. The van der Waals surface area contributed by atoms with E-state index in [2.05, 4.69) is 0 Å². The number of amides is 1. The highest BCUT2D eigenvalue weighted by Crippen LogP contribution is 2.31. The van der Waals surface area contributed by atoms with E-state index >= 15 is 0 Å². The van der Waals surface area contributed by atoms with E-state index in [1.165, 1.54) is 12.1 Å². The second-order valence-electron chi connectivity index (χ2n) is 5.20. The molecule has 0 spiro atoms. The van der Waals surface area contributed by atoms with E-state index in [0.717, 1.165) is 12.8 Å². The smallest absolute Gasteiger partial charge is 0.303 e. The van der Waals surface area contributed by atoms with Crippen LogP contribution in [0.4, 0.5) is 4.39 Å². The Morgan fingerprint density at radius 2 is 2.05 bits per heavy atom. The van der Waals surface area contributed by atoms with Crippen LogP contribution in [0.3, 0.4) is 0 Å². The maximum absolute atomic E-state index is 13.8. The number of rotatable bonds is 7. The van der Waals surface area contributed by atoms with Gasteiger partial charge in [-0.05, 0) is 31.4 Å². The summed E-state index contributed by atoms with van der Waals surface area (Å²) < 4.78 is 13.8. The molecule has 1 aliphatic rings. The van der Waals surface area contributed by atoms with Crippen LogP contribution < -0.4 is 0 Å². The molecule has 1 saturated carbocycles. The van der Waals surface area contributed by atoms with Gasteiger partial charge in [0.2, 0.25) is 5.91 Å². The first kappa shape index (κ1) is 15.8. The Morgan fingerprint density at radius 1 is 1.33 bits per heavy atom. The van der Waals surface area contributed by atoms with E-state index < -0.39 is 11.8 Å². The van der Waals surface area contributed by atoms with Crippen LogP contribution in [-0.2, 0) is 16.1 Å². The van der Waals surface area contributed by atoms with Crippen molar-refractivity contribution in [2.24, 2.45) is 0 Å². The third-order valence-electron chi connectivity index (χ3n) is 3.48. The molecule has 1 N–H and O–H groups in total. The van der Waals surface area contributed by atoms with E-state index in [-0.39, 0.29) is 31.3 Å². The zero-order valence-corrected chi connectivity index (χ0v) is 12.3. The minimum absolute atomic E-state index is 0.0370. The van der Waals surface area contributed by atoms with Crippen LogP contribution in [0.2, 0.25) is 5.02 Å². The first-order valence-electron chi connectivity index (χ1n) is 6.93. The first-order chi connectivity index (χ1) is 9.99. The van der Waals surface area contributed by atoms with Gasteiger partial charge in [-0.1, -0.05) is 17.7 Å². The lowest BCUT2D eigenvalue weighted by molar-refractivity contribution is -0.137. The molecule has 0 unspecified atom stereocenters. The first-order valence-corrected chi connectivity index (χ1v) is 7.31. The summed E-state index contributed by atoms with van der Waals surface area (Å²) in [5.74, 6) is -1.48. The number of aliphatic carboxylic acids is 1. The minimum Gasteiger partial charge on any atom is -0.481 e. The van der Waals surface area contributed by atoms with Gasteiger partial charge in [0.1, 0.15) is 5.82 Å². The SMILES string of the molecule is O=C(O)CCCC(=O)N(Cc1c(F)cccc1Cl)C1CC1. The molecule has 1 aromatic rings. The molecule has 0 aromatic heterocycles. The highest BCUT2D eigenvalue weighted by Gasteiger charge is 2.33. The monoisotopic (exact) mass is 313 g/mol. The van der Waals surface area contributed by atoms with Crippen molar-refractivity contribution in [1.29, 1.82) is 0 Å². The number of hydrogen-bond acceptors (Lipinski definition) is 2. The fourth-order valence-electron chi connectivity index (χ4n) is 2.20. The number of benzene rings is 1. The number of carboxylic acids is 1. The normalized spacial score (nSPS) is 14.0. The molecular weight excluding hydrogens is 297 g/mol. The molecule has 0 radical (unpaired) electrons. The molecule has 2 rings (SSSR count). The predicted octanol–water partition coefficient (Wildman–Crippen LogP) is 3.23. The van der Waals surface area contributed by atoms with Gasteiger partial charge < -0.3 is 10.0 Å². The van der Waals surface area contributed by atoms with E-state index in [1.807, 2.05) is 0 Å². The van der Waals surface area contributed by atoms with E-state index in [1.54, 1.807) is 11.0 Å². The molecule has 6 heteroatoms. The Balaban J connectivity index is 2.02. The molecule has 0 aliphatic heterocycles. The van der Waals surface area contributed by atoms with Gasteiger partial charge in [0, 0.05) is 29.5 Å². The van der Waals surface area contributed by atoms with Crippen LogP contribution in [0, 0.1) is 5.82 Å². The molecule has 0 bridgehead atoms. The zero-order chi connectivity index (χ0) is 15.4. The average molecular weight is 314 g/mol. The maximum atomic E-state index is 13.8. The fourth-order valence-corrected chi connectivity index (χ4v) is 2.42. The van der Waals surface area contributed by atoms with Crippen molar-refractivity contribution in [3.05, 3.63) is 34.6 Å². The van der Waals surface area contributed by atoms with E-state index in [9.17, 15) is 14.0 Å². The highest BCUT2D eigenvalue weighted by atomic mass is 35.5. The standard InChI is InChI=1S/C15H17ClFNO3/c16-12-3-1-4-13(17)11(12)9-18(10-7-8-10)14(19)5-2-6-15(20)21/h1,3-4,10H,2,5-9H2,(H,20,21). The lowest BCUT2D eigenvalue weighted by Gasteiger charge is -2.23. The van der Waals surface area contributed by atoms with Gasteiger partial charge >= 0.3 is 5.97 Å². The summed E-state index contributed by atoms with van der Waals surface area (Å²) in [6, 6.07) is 4.57. The Labute approximate surface area is 127 Å². The summed E-state index contributed by atoms with van der Waals surface area (Å²) in [6.07, 6.45) is 2.22. The van der Waals surface area contributed by atoms with Gasteiger partial charge in [0.25, 0.3) is 0 Å². The third-order valence-corrected chi connectivity index (χ3v) is 3.83. The molecule has 0 saturated heterocycles. The molecule has 21 heavy (non-hydrogen) atoms. The van der Waals surface area contributed by atoms with Crippen molar-refractivity contribution in [1.82, 2.24) is 4.90 Å².